The Morgan fingerprint density at radius 1 is 2.00 bits per heavy atom. The maximum Gasteiger partial charge on any atom is 0.0547 e. The van der Waals surface area contributed by atoms with Gasteiger partial charge in [0.1, 0.15) is 0 Å². The summed E-state index contributed by atoms with van der Waals surface area (Å²) in [6.07, 6.45) is -0.102. The molecule has 0 aliphatic rings. The lowest BCUT2D eigenvalue weighted by molar-refractivity contribution is 0.634. The first-order valence-electron chi connectivity index (χ1n) is 2.09. The molecule has 0 aromatic heterocycles. The predicted molar refractivity (Wildman–Crippen MR) is 27.0 cm³/mol. The van der Waals surface area contributed by atoms with Crippen LogP contribution in [0.2, 0.25) is 0 Å². The molecule has 3 N–H and O–H groups in total. The summed E-state index contributed by atoms with van der Waals surface area (Å²) in [4.78, 5) is 0. The first-order valence-corrected chi connectivity index (χ1v) is 2.09. The van der Waals surface area contributed by atoms with Gasteiger partial charge in [0, 0.05) is 0 Å². The zero-order chi connectivity index (χ0) is 4.99. The first-order chi connectivity index (χ1) is 2.77. The average molecular weight is 87.1 g/mol. The molecule has 1 atom stereocenters. The van der Waals surface area contributed by atoms with E-state index in [2.05, 4.69) is 12.2 Å². The van der Waals surface area contributed by atoms with E-state index in [0.29, 0.717) is 0 Å². The first kappa shape index (κ1) is 5.92. The lowest BCUT2D eigenvalue weighted by atomic mass is 10.6. The number of rotatable bonds is 2. The van der Waals surface area contributed by atoms with Crippen molar-refractivity contribution in [2.75, 3.05) is 6.54 Å². The molecule has 2 heteroatoms. The molecule has 0 aromatic rings. The van der Waals surface area contributed by atoms with Gasteiger partial charge in [-0.3, -0.25) is 0 Å². The molecule has 0 aliphatic carbocycles. The third kappa shape index (κ3) is 3.92. The Bertz CT molecular complexity index is 26.7. The number of hydrogen-bond acceptors (Lipinski definition) is 2. The Labute approximate surface area is 38.7 Å². The Balaban J connectivity index is 2.63. The van der Waals surface area contributed by atoms with Gasteiger partial charge in [0.15, 0.2) is 0 Å². The van der Waals surface area contributed by atoms with Crippen LogP contribution in [0.3, 0.4) is 0 Å². The summed E-state index contributed by atoms with van der Waals surface area (Å²) in [6.45, 7) is 6.38. The van der Waals surface area contributed by atoms with Gasteiger partial charge in [-0.05, 0) is 13.5 Å². The SMILES string of the molecule is [CH2]C(N)NCC. The van der Waals surface area contributed by atoms with Gasteiger partial charge in [-0.1, -0.05) is 6.92 Å². The highest BCUT2D eigenvalue weighted by Gasteiger charge is 1.82. The molecule has 0 spiro atoms. The number of hydrogen-bond donors (Lipinski definition) is 2. The van der Waals surface area contributed by atoms with E-state index >= 15 is 0 Å². The average Bonchev–Trinajstić information content (AvgIpc) is 1.35. The topological polar surface area (TPSA) is 38.0 Å². The van der Waals surface area contributed by atoms with Crippen molar-refractivity contribution in [2.45, 2.75) is 13.1 Å². The highest BCUT2D eigenvalue weighted by molar-refractivity contribution is 4.55. The van der Waals surface area contributed by atoms with Crippen molar-refractivity contribution in [3.05, 3.63) is 6.92 Å². The normalized spacial score (nSPS) is 14.5. The van der Waals surface area contributed by atoms with E-state index in [1.165, 1.54) is 0 Å². The second-order valence-corrected chi connectivity index (χ2v) is 1.16. The van der Waals surface area contributed by atoms with Crippen molar-refractivity contribution < 1.29 is 0 Å². The molecule has 2 nitrogen and oxygen atoms in total. The second-order valence-electron chi connectivity index (χ2n) is 1.16. The quantitative estimate of drug-likeness (QED) is 0.454. The standard InChI is InChI=1S/C4H11N2/c1-3-6-4(2)5/h4,6H,2-3,5H2,1H3. The summed E-state index contributed by atoms with van der Waals surface area (Å²) < 4.78 is 0. The third-order valence-corrected chi connectivity index (χ3v) is 0.466. The molecule has 1 unspecified atom stereocenters. The molecule has 6 heavy (non-hydrogen) atoms. The van der Waals surface area contributed by atoms with Crippen molar-refractivity contribution in [1.82, 2.24) is 5.32 Å². The largest absolute Gasteiger partial charge is 0.316 e. The van der Waals surface area contributed by atoms with Gasteiger partial charge < -0.3 is 11.1 Å². The summed E-state index contributed by atoms with van der Waals surface area (Å²) in [5, 5.41) is 2.88. The molecule has 1 radical (unpaired) electrons. The van der Waals surface area contributed by atoms with Crippen LogP contribution in [0, 0.1) is 6.92 Å². The highest BCUT2D eigenvalue weighted by Crippen LogP contribution is 1.58. The smallest absolute Gasteiger partial charge is 0.0547 e. The van der Waals surface area contributed by atoms with Crippen LogP contribution in [0.5, 0.6) is 0 Å². The van der Waals surface area contributed by atoms with Crippen molar-refractivity contribution >= 4 is 0 Å². The summed E-state index contributed by atoms with van der Waals surface area (Å²) in [6, 6.07) is 0. The highest BCUT2D eigenvalue weighted by atomic mass is 15.0. The third-order valence-electron chi connectivity index (χ3n) is 0.466. The van der Waals surface area contributed by atoms with Crippen LogP contribution < -0.4 is 11.1 Å². The maximum absolute atomic E-state index is 5.18. The van der Waals surface area contributed by atoms with Gasteiger partial charge in [0.25, 0.3) is 0 Å². The van der Waals surface area contributed by atoms with Crippen molar-refractivity contribution in [2.24, 2.45) is 5.73 Å². The Morgan fingerprint density at radius 2 is 2.50 bits per heavy atom. The van der Waals surface area contributed by atoms with Crippen molar-refractivity contribution in [3.8, 4) is 0 Å². The summed E-state index contributed by atoms with van der Waals surface area (Å²) in [7, 11) is 0. The van der Waals surface area contributed by atoms with Gasteiger partial charge >= 0.3 is 0 Å². The minimum atomic E-state index is -0.102. The number of nitrogens with two attached hydrogens (primary N) is 1. The van der Waals surface area contributed by atoms with E-state index in [9.17, 15) is 0 Å². The molecule has 0 aromatic carbocycles. The van der Waals surface area contributed by atoms with Crippen LogP contribution in [-0.2, 0) is 0 Å². The van der Waals surface area contributed by atoms with Crippen LogP contribution in [-0.4, -0.2) is 12.7 Å². The van der Waals surface area contributed by atoms with Crippen LogP contribution in [0.15, 0.2) is 0 Å². The minimum Gasteiger partial charge on any atom is -0.316 e. The van der Waals surface area contributed by atoms with Crippen LogP contribution >= 0.6 is 0 Å². The molecule has 37 valence electrons. The number of nitrogens with one attached hydrogen (secondary N) is 1. The van der Waals surface area contributed by atoms with Gasteiger partial charge in [-0.2, -0.15) is 0 Å². The van der Waals surface area contributed by atoms with Gasteiger partial charge in [-0.25, -0.2) is 0 Å². The van der Waals surface area contributed by atoms with E-state index < -0.39 is 0 Å². The zero-order valence-corrected chi connectivity index (χ0v) is 4.07. The fourth-order valence-corrected chi connectivity index (χ4v) is 0.262. The molecule has 0 amide bonds. The minimum absolute atomic E-state index is 0.102. The second kappa shape index (κ2) is 3.12. The fourth-order valence-electron chi connectivity index (χ4n) is 0.262. The van der Waals surface area contributed by atoms with Crippen molar-refractivity contribution in [1.29, 1.82) is 0 Å². The predicted octanol–water partition coefficient (Wildman–Crippen LogP) is -0.285. The summed E-state index contributed by atoms with van der Waals surface area (Å²) in [5.41, 5.74) is 5.18. The molecule has 0 aliphatic heterocycles. The molecule has 0 saturated heterocycles. The van der Waals surface area contributed by atoms with Gasteiger partial charge in [-0.15, -0.1) is 0 Å². The molecular weight excluding hydrogens is 76.1 g/mol. The van der Waals surface area contributed by atoms with Crippen LogP contribution in [0.4, 0.5) is 0 Å². The fraction of sp³-hybridized carbons (Fsp3) is 0.750. The Hall–Kier alpha value is -0.0800. The lowest BCUT2D eigenvalue weighted by Crippen LogP contribution is -2.33. The zero-order valence-electron chi connectivity index (χ0n) is 4.07. The Morgan fingerprint density at radius 3 is 2.50 bits per heavy atom. The van der Waals surface area contributed by atoms with Gasteiger partial charge in [0.05, 0.1) is 6.17 Å². The van der Waals surface area contributed by atoms with E-state index in [1.54, 1.807) is 0 Å². The van der Waals surface area contributed by atoms with E-state index in [1.807, 2.05) is 6.92 Å². The summed E-state index contributed by atoms with van der Waals surface area (Å²) >= 11 is 0. The summed E-state index contributed by atoms with van der Waals surface area (Å²) in [5.74, 6) is 0. The molecule has 0 bridgehead atoms. The molecule has 0 rings (SSSR count). The van der Waals surface area contributed by atoms with E-state index in [4.69, 9.17) is 5.73 Å². The lowest BCUT2D eigenvalue weighted by Gasteiger charge is -2.01. The van der Waals surface area contributed by atoms with Crippen LogP contribution in [0.1, 0.15) is 6.92 Å². The molecular formula is C4H11N2. The molecule has 0 fully saturated rings. The Kier molecular flexibility index (Phi) is 3.08. The van der Waals surface area contributed by atoms with Gasteiger partial charge in [0.2, 0.25) is 0 Å². The van der Waals surface area contributed by atoms with Crippen molar-refractivity contribution in [3.63, 3.8) is 0 Å². The van der Waals surface area contributed by atoms with E-state index in [0.717, 1.165) is 6.54 Å². The van der Waals surface area contributed by atoms with Crippen LogP contribution in [0.25, 0.3) is 0 Å². The van der Waals surface area contributed by atoms with E-state index in [-0.39, 0.29) is 6.17 Å². The maximum atomic E-state index is 5.18. The molecule has 0 saturated carbocycles. The monoisotopic (exact) mass is 87.1 g/mol. The molecule has 0 heterocycles.